The number of hydrogen-bond acceptors (Lipinski definition) is 5. The number of benzene rings is 5. The first-order valence-electron chi connectivity index (χ1n) is 19.9. The summed E-state index contributed by atoms with van der Waals surface area (Å²) in [5, 5.41) is 4.93. The molecule has 0 atom stereocenters. The van der Waals surface area contributed by atoms with Gasteiger partial charge in [-0.25, -0.2) is 0 Å². The number of anilines is 2. The van der Waals surface area contributed by atoms with Crippen LogP contribution in [0, 0.1) is 6.92 Å². The van der Waals surface area contributed by atoms with E-state index in [2.05, 4.69) is 155 Å². The number of rotatable bonds is 12. The maximum atomic E-state index is 11.6. The summed E-state index contributed by atoms with van der Waals surface area (Å²) in [6.07, 6.45) is 13.1. The van der Waals surface area contributed by atoms with E-state index in [1.165, 1.54) is 60.0 Å². The Morgan fingerprint density at radius 3 is 2.28 bits per heavy atom. The fourth-order valence-electron chi connectivity index (χ4n) is 8.80. The summed E-state index contributed by atoms with van der Waals surface area (Å²) in [5.74, 6) is -0.240. The molecule has 1 aliphatic carbocycles. The monoisotopic (exact) mass is 794 g/mol. The highest BCUT2D eigenvalue weighted by Gasteiger charge is 2.41. The third-order valence-electron chi connectivity index (χ3n) is 11.9. The zero-order chi connectivity index (χ0) is 40.5. The molecule has 7 rings (SSSR count). The van der Waals surface area contributed by atoms with Crippen molar-refractivity contribution < 1.29 is 13.0 Å². The van der Waals surface area contributed by atoms with Gasteiger partial charge in [-0.1, -0.05) is 131 Å². The molecule has 5 aromatic carbocycles. The molecule has 0 spiro atoms. The number of fused-ring (bicyclic) bond motifs is 4. The maximum absolute atomic E-state index is 11.6. The number of hydrogen-bond donors (Lipinski definition) is 2. The van der Waals surface area contributed by atoms with Gasteiger partial charge in [0.2, 0.25) is 0 Å². The Morgan fingerprint density at radius 1 is 0.895 bits per heavy atom. The Morgan fingerprint density at radius 2 is 1.56 bits per heavy atom. The SMILES string of the molecule is C=C(/C=C/C1=C(Sc2ccc(N)cc2)C(=C/C=C2/N(CCCCS(=O)(=O)O)c3ccc4ccccc4c3C2(C)C)/CCC1)C(C)(C)c1c(C)ccc2ccccc12. The molecule has 57 heavy (non-hydrogen) atoms. The standard InChI is InChI=1S/C50H54N2O3S2/c1-34-20-22-36-14-7-9-18-42(36)46(34)49(3,4)35(2)21-23-38-16-13-17-39(48(38)56-41-28-26-40(51)27-29-41)25-31-45-50(5,6)47-43-19-10-8-15-37(43)24-30-44(47)52(45)32-11-12-33-57(53,54)55/h7-10,14-15,18-31H,2,11-13,16-17,32-33,51H2,1,3-6H3,(H,53,54,55)/b23-21+,39-25+,45-31+. The van der Waals surface area contributed by atoms with Crippen molar-refractivity contribution in [1.82, 2.24) is 0 Å². The van der Waals surface area contributed by atoms with Crippen LogP contribution in [-0.4, -0.2) is 25.3 Å². The van der Waals surface area contributed by atoms with Gasteiger partial charge in [0.25, 0.3) is 10.1 Å². The first-order chi connectivity index (χ1) is 27.1. The van der Waals surface area contributed by atoms with Crippen molar-refractivity contribution in [3.63, 3.8) is 0 Å². The van der Waals surface area contributed by atoms with E-state index in [0.717, 1.165) is 41.1 Å². The molecule has 3 N–H and O–H groups in total. The van der Waals surface area contributed by atoms with E-state index in [-0.39, 0.29) is 16.6 Å². The summed E-state index contributed by atoms with van der Waals surface area (Å²) in [4.78, 5) is 4.76. The number of thioether (sulfide) groups is 1. The van der Waals surface area contributed by atoms with E-state index in [1.807, 2.05) is 12.1 Å². The molecule has 5 nitrogen and oxygen atoms in total. The van der Waals surface area contributed by atoms with E-state index in [4.69, 9.17) is 5.73 Å². The molecule has 0 fully saturated rings. The highest BCUT2D eigenvalue weighted by molar-refractivity contribution is 8.03. The van der Waals surface area contributed by atoms with Crippen molar-refractivity contribution in [3.8, 4) is 0 Å². The van der Waals surface area contributed by atoms with Crippen LogP contribution in [0.3, 0.4) is 0 Å². The van der Waals surface area contributed by atoms with Gasteiger partial charge in [-0.15, -0.1) is 0 Å². The minimum Gasteiger partial charge on any atom is -0.399 e. The summed E-state index contributed by atoms with van der Waals surface area (Å²) in [7, 11) is -4.02. The van der Waals surface area contributed by atoms with Crippen LogP contribution in [-0.2, 0) is 20.9 Å². The van der Waals surface area contributed by atoms with Crippen LogP contribution < -0.4 is 10.6 Å². The molecule has 1 aliphatic heterocycles. The zero-order valence-electron chi connectivity index (χ0n) is 33.8. The summed E-state index contributed by atoms with van der Waals surface area (Å²) in [6.45, 7) is 16.7. The average molecular weight is 795 g/mol. The average Bonchev–Trinajstić information content (AvgIpc) is 3.40. The first-order valence-corrected chi connectivity index (χ1v) is 22.4. The van der Waals surface area contributed by atoms with Crippen molar-refractivity contribution in [2.24, 2.45) is 0 Å². The van der Waals surface area contributed by atoms with E-state index in [0.29, 0.717) is 19.4 Å². The number of nitrogens with zero attached hydrogens (tertiary/aromatic N) is 1. The van der Waals surface area contributed by atoms with Crippen LogP contribution in [0.25, 0.3) is 21.5 Å². The molecular weight excluding hydrogens is 741 g/mol. The van der Waals surface area contributed by atoms with Crippen molar-refractivity contribution >= 4 is 54.8 Å². The predicted octanol–water partition coefficient (Wildman–Crippen LogP) is 12.8. The molecule has 2 aliphatic rings. The predicted molar refractivity (Wildman–Crippen MR) is 244 cm³/mol. The number of unbranched alkanes of at least 4 members (excludes halogenated alkanes) is 1. The molecule has 0 radical (unpaired) electrons. The Balaban J connectivity index is 1.29. The second-order valence-electron chi connectivity index (χ2n) is 16.5. The molecule has 0 amide bonds. The molecular formula is C50H54N2O3S2. The Bertz CT molecular complexity index is 2590. The lowest BCUT2D eigenvalue weighted by Gasteiger charge is -2.30. The van der Waals surface area contributed by atoms with E-state index in [9.17, 15) is 13.0 Å². The fourth-order valence-corrected chi connectivity index (χ4v) is 10.5. The summed E-state index contributed by atoms with van der Waals surface area (Å²) < 4.78 is 32.6. The minimum atomic E-state index is -4.02. The van der Waals surface area contributed by atoms with Crippen LogP contribution in [0.15, 0.2) is 160 Å². The highest BCUT2D eigenvalue weighted by Crippen LogP contribution is 2.51. The third kappa shape index (κ3) is 8.43. The molecule has 0 saturated heterocycles. The van der Waals surface area contributed by atoms with Gasteiger partial charge < -0.3 is 10.6 Å². The lowest BCUT2D eigenvalue weighted by molar-refractivity contribution is 0.480. The summed E-state index contributed by atoms with van der Waals surface area (Å²) in [6, 6.07) is 34.1. The topological polar surface area (TPSA) is 83.6 Å². The molecule has 0 saturated carbocycles. The fraction of sp³-hybridized carbons (Fsp3) is 0.280. The molecule has 0 aromatic heterocycles. The molecule has 294 valence electrons. The second-order valence-corrected chi connectivity index (χ2v) is 19.2. The summed E-state index contributed by atoms with van der Waals surface area (Å²) in [5.41, 5.74) is 16.1. The van der Waals surface area contributed by atoms with Crippen LogP contribution in [0.4, 0.5) is 11.4 Å². The van der Waals surface area contributed by atoms with Gasteiger partial charge in [-0.2, -0.15) is 8.42 Å². The Hall–Kier alpha value is -4.82. The smallest absolute Gasteiger partial charge is 0.264 e. The van der Waals surface area contributed by atoms with Crippen LogP contribution >= 0.6 is 11.8 Å². The van der Waals surface area contributed by atoms with Gasteiger partial charge in [-0.3, -0.25) is 4.55 Å². The van der Waals surface area contributed by atoms with E-state index < -0.39 is 10.1 Å². The molecule has 0 unspecified atom stereocenters. The largest absolute Gasteiger partial charge is 0.399 e. The van der Waals surface area contributed by atoms with Crippen molar-refractivity contribution in [3.05, 3.63) is 172 Å². The van der Waals surface area contributed by atoms with Gasteiger partial charge in [0.05, 0.1) is 5.75 Å². The minimum absolute atomic E-state index is 0.240. The number of aryl methyl sites for hydroxylation is 1. The van der Waals surface area contributed by atoms with Gasteiger partial charge in [-0.05, 0) is 130 Å². The molecule has 1 heterocycles. The van der Waals surface area contributed by atoms with Crippen molar-refractivity contribution in [2.45, 2.75) is 82.4 Å². The number of allylic oxidation sites excluding steroid dienone is 8. The van der Waals surface area contributed by atoms with Crippen LogP contribution in [0.1, 0.15) is 76.5 Å². The maximum Gasteiger partial charge on any atom is 0.264 e. The highest BCUT2D eigenvalue weighted by atomic mass is 32.2. The normalized spacial score (nSPS) is 17.4. The molecule has 7 heteroatoms. The zero-order valence-corrected chi connectivity index (χ0v) is 35.4. The van der Waals surface area contributed by atoms with Crippen molar-refractivity contribution in [2.75, 3.05) is 22.9 Å². The van der Waals surface area contributed by atoms with Crippen LogP contribution in [0.2, 0.25) is 0 Å². The van der Waals surface area contributed by atoms with E-state index >= 15 is 0 Å². The lowest BCUT2D eigenvalue weighted by Crippen LogP contribution is -2.27. The van der Waals surface area contributed by atoms with Gasteiger partial charge in [0.15, 0.2) is 0 Å². The first kappa shape index (κ1) is 40.4. The quantitative estimate of drug-likeness (QED) is 0.0566. The van der Waals surface area contributed by atoms with Gasteiger partial charge in [0.1, 0.15) is 0 Å². The third-order valence-corrected chi connectivity index (χ3v) is 13.9. The van der Waals surface area contributed by atoms with E-state index in [1.54, 1.807) is 11.8 Å². The molecule has 5 aromatic rings. The lowest BCUT2D eigenvalue weighted by atomic mass is 9.74. The Labute approximate surface area is 343 Å². The molecule has 0 bridgehead atoms. The van der Waals surface area contributed by atoms with Gasteiger partial charge in [0, 0.05) is 44.2 Å². The Kier molecular flexibility index (Phi) is 11.5. The number of nitrogen functional groups attached to an aromatic ring is 1. The second kappa shape index (κ2) is 16.2. The number of nitrogens with two attached hydrogens (primary N) is 1. The van der Waals surface area contributed by atoms with Gasteiger partial charge >= 0.3 is 0 Å². The summed E-state index contributed by atoms with van der Waals surface area (Å²) >= 11 is 1.79. The van der Waals surface area contributed by atoms with Crippen molar-refractivity contribution in [1.29, 1.82) is 0 Å². The van der Waals surface area contributed by atoms with Crippen LogP contribution in [0.5, 0.6) is 0 Å².